The second kappa shape index (κ2) is 9.37. The fourth-order valence-corrected chi connectivity index (χ4v) is 4.47. The summed E-state index contributed by atoms with van der Waals surface area (Å²) in [6.45, 7) is 2.43. The van der Waals surface area contributed by atoms with Crippen molar-refractivity contribution < 1.29 is 23.6 Å². The number of amides is 2. The van der Waals surface area contributed by atoms with Crippen LogP contribution in [0.3, 0.4) is 0 Å². The zero-order valence-corrected chi connectivity index (χ0v) is 20.1. The Balaban J connectivity index is 1.34. The first-order valence-electron chi connectivity index (χ1n) is 10.9. The van der Waals surface area contributed by atoms with Gasteiger partial charge in [-0.15, -0.1) is 11.8 Å². The molecule has 1 saturated heterocycles. The molecule has 5 rings (SSSR count). The number of anilines is 1. The summed E-state index contributed by atoms with van der Waals surface area (Å²) in [7, 11) is 1.55. The van der Waals surface area contributed by atoms with Crippen molar-refractivity contribution in [2.24, 2.45) is 10.3 Å². The molecule has 2 aromatic carbocycles. The van der Waals surface area contributed by atoms with E-state index < -0.39 is 18.0 Å². The van der Waals surface area contributed by atoms with Crippen LogP contribution in [0.1, 0.15) is 12.8 Å². The van der Waals surface area contributed by atoms with Crippen LogP contribution in [0, 0.1) is 0 Å². The fourth-order valence-electron chi connectivity index (χ4n) is 4.01. The van der Waals surface area contributed by atoms with Gasteiger partial charge in [-0.1, -0.05) is 16.4 Å². The molecule has 0 N–H and O–H groups in total. The molecule has 0 bridgehead atoms. The highest BCUT2D eigenvalue weighted by Crippen LogP contribution is 2.35. The molecule has 180 valence electrons. The van der Waals surface area contributed by atoms with Crippen molar-refractivity contribution in [1.82, 2.24) is 15.1 Å². The van der Waals surface area contributed by atoms with Crippen molar-refractivity contribution in [2.45, 2.75) is 30.4 Å². The minimum absolute atomic E-state index is 0.0313. The third-order valence-electron chi connectivity index (χ3n) is 5.66. The Kier molecular flexibility index (Phi) is 6.12. The Morgan fingerprint density at radius 2 is 1.97 bits per heavy atom. The molecule has 0 radical (unpaired) electrons. The van der Waals surface area contributed by atoms with E-state index in [2.05, 4.69) is 20.5 Å². The van der Waals surface area contributed by atoms with Crippen LogP contribution >= 0.6 is 11.8 Å². The quantitative estimate of drug-likeness (QED) is 0.342. The van der Waals surface area contributed by atoms with Gasteiger partial charge in [0.1, 0.15) is 6.54 Å². The molecule has 1 fully saturated rings. The zero-order valence-electron chi connectivity index (χ0n) is 19.2. The Hall–Kier alpha value is -3.93. The molecule has 2 unspecified atom stereocenters. The average Bonchev–Trinajstić information content (AvgIpc) is 3.57. The van der Waals surface area contributed by atoms with E-state index in [-0.39, 0.29) is 18.3 Å². The van der Waals surface area contributed by atoms with Gasteiger partial charge in [0.05, 0.1) is 19.4 Å². The smallest absolute Gasteiger partial charge is 0.263 e. The van der Waals surface area contributed by atoms with Crippen molar-refractivity contribution in [3.63, 3.8) is 0 Å². The first-order chi connectivity index (χ1) is 17.0. The van der Waals surface area contributed by atoms with Crippen molar-refractivity contribution in [3.05, 3.63) is 48.4 Å². The van der Waals surface area contributed by atoms with Crippen molar-refractivity contribution in [3.8, 4) is 22.9 Å². The van der Waals surface area contributed by atoms with E-state index in [4.69, 9.17) is 14.0 Å². The molecule has 2 amide bonds. The maximum absolute atomic E-state index is 13.2. The van der Waals surface area contributed by atoms with E-state index >= 15 is 0 Å². The molecule has 2 aliphatic heterocycles. The Labute approximate surface area is 205 Å². The number of imide groups is 1. The molecule has 2 atom stereocenters. The number of benzene rings is 2. The molecule has 0 aliphatic carbocycles. The Morgan fingerprint density at radius 1 is 1.11 bits per heavy atom. The van der Waals surface area contributed by atoms with Crippen LogP contribution in [-0.2, 0) is 16.1 Å². The molecule has 0 spiro atoms. The van der Waals surface area contributed by atoms with Crippen LogP contribution in [0.4, 0.5) is 5.69 Å². The highest BCUT2D eigenvalue weighted by molar-refractivity contribution is 7.98. The van der Waals surface area contributed by atoms with Gasteiger partial charge in [0.2, 0.25) is 11.7 Å². The van der Waals surface area contributed by atoms with E-state index in [0.717, 1.165) is 4.90 Å². The fraction of sp³-hybridized carbons (Fsp3) is 0.304. The van der Waals surface area contributed by atoms with E-state index in [0.29, 0.717) is 35.2 Å². The Bertz CT molecular complexity index is 1310. The van der Waals surface area contributed by atoms with E-state index in [1.807, 2.05) is 25.3 Å². The monoisotopic (exact) mass is 494 g/mol. The molecule has 12 heteroatoms. The van der Waals surface area contributed by atoms with Gasteiger partial charge in [0.15, 0.2) is 23.6 Å². The lowest BCUT2D eigenvalue weighted by Gasteiger charge is -2.19. The summed E-state index contributed by atoms with van der Waals surface area (Å²) in [4.78, 5) is 32.7. The van der Waals surface area contributed by atoms with E-state index in [1.54, 1.807) is 37.4 Å². The number of nitrogens with zero attached hydrogens (tertiary/aromatic N) is 6. The summed E-state index contributed by atoms with van der Waals surface area (Å²) in [6, 6.07) is 10.8. The molecule has 3 heterocycles. The largest absolute Gasteiger partial charge is 0.493 e. The molecule has 35 heavy (non-hydrogen) atoms. The number of rotatable bonds is 8. The molecule has 0 saturated carbocycles. The Morgan fingerprint density at radius 3 is 2.74 bits per heavy atom. The summed E-state index contributed by atoms with van der Waals surface area (Å²) in [5, 5.41) is 13.5. The van der Waals surface area contributed by atoms with Crippen LogP contribution in [0.25, 0.3) is 11.4 Å². The van der Waals surface area contributed by atoms with Gasteiger partial charge in [-0.05, 0) is 49.6 Å². The predicted octanol–water partition coefficient (Wildman–Crippen LogP) is 3.36. The normalized spacial score (nSPS) is 18.9. The van der Waals surface area contributed by atoms with E-state index in [9.17, 15) is 9.59 Å². The van der Waals surface area contributed by atoms with Crippen molar-refractivity contribution >= 4 is 29.3 Å². The molecular formula is C23H22N6O5S. The molecular weight excluding hydrogens is 472 g/mol. The van der Waals surface area contributed by atoms with Crippen LogP contribution < -0.4 is 14.4 Å². The second-order valence-corrected chi connectivity index (χ2v) is 8.60. The number of ether oxygens (including phenoxy) is 2. The molecule has 11 nitrogen and oxygen atoms in total. The van der Waals surface area contributed by atoms with Crippen LogP contribution in [0.15, 0.2) is 62.2 Å². The lowest BCUT2D eigenvalue weighted by molar-refractivity contribution is -0.123. The van der Waals surface area contributed by atoms with Crippen LogP contribution in [-0.4, -0.2) is 59.0 Å². The number of carbonyl (C=O) groups excluding carboxylic acids is 2. The number of methoxy groups -OCH3 is 1. The maximum atomic E-state index is 13.2. The summed E-state index contributed by atoms with van der Waals surface area (Å²) in [5.74, 6) is 0.945. The lowest BCUT2D eigenvalue weighted by Crippen LogP contribution is -2.39. The highest BCUT2D eigenvalue weighted by atomic mass is 32.2. The number of aromatic nitrogens is 2. The van der Waals surface area contributed by atoms with Crippen LogP contribution in [0.5, 0.6) is 11.5 Å². The van der Waals surface area contributed by atoms with E-state index in [1.165, 1.54) is 21.7 Å². The lowest BCUT2D eigenvalue weighted by atomic mass is 10.1. The first-order valence-corrected chi connectivity index (χ1v) is 12.1. The van der Waals surface area contributed by atoms with Crippen LogP contribution in [0.2, 0.25) is 0 Å². The number of thioether (sulfide) groups is 1. The summed E-state index contributed by atoms with van der Waals surface area (Å²) in [5.41, 5.74) is 1.19. The van der Waals surface area contributed by atoms with Gasteiger partial charge in [-0.3, -0.25) is 14.6 Å². The van der Waals surface area contributed by atoms with Gasteiger partial charge < -0.3 is 14.0 Å². The van der Waals surface area contributed by atoms with Gasteiger partial charge in [-0.25, -0.2) is 4.90 Å². The van der Waals surface area contributed by atoms with Gasteiger partial charge in [0, 0.05) is 10.5 Å². The zero-order chi connectivity index (χ0) is 24.5. The standard InChI is InChI=1S/C23H22N6O5S/c1-4-33-16-9-8-13(10-17(16)32-2)21-24-18(34-26-21)12-28-20-19(25-27-28)22(30)29(23(20)31)14-6-5-7-15(11-14)35-3/h5-11,19-20H,4,12H2,1-3H3. The first kappa shape index (κ1) is 22.8. The van der Waals surface area contributed by atoms with Gasteiger partial charge in [-0.2, -0.15) is 10.1 Å². The summed E-state index contributed by atoms with van der Waals surface area (Å²) < 4.78 is 16.3. The SMILES string of the molecule is CCOc1ccc(-c2noc(CN3N=NC4C(=O)N(c5cccc(SC)c5)C(=O)C43)n2)cc1OC. The number of hydrogen-bond donors (Lipinski definition) is 0. The third-order valence-corrected chi connectivity index (χ3v) is 6.38. The molecule has 1 aromatic heterocycles. The minimum atomic E-state index is -0.904. The second-order valence-electron chi connectivity index (χ2n) is 7.72. The highest BCUT2D eigenvalue weighted by Gasteiger charge is 2.55. The predicted molar refractivity (Wildman–Crippen MR) is 126 cm³/mol. The van der Waals surface area contributed by atoms with Gasteiger partial charge >= 0.3 is 0 Å². The summed E-state index contributed by atoms with van der Waals surface area (Å²) in [6.07, 6.45) is 1.93. The molecule has 2 aliphatic rings. The third kappa shape index (κ3) is 4.09. The number of hydrogen-bond acceptors (Lipinski definition) is 11. The topological polar surface area (TPSA) is 123 Å². The van der Waals surface area contributed by atoms with Crippen molar-refractivity contribution in [2.75, 3.05) is 24.9 Å². The van der Waals surface area contributed by atoms with Gasteiger partial charge in [0.25, 0.3) is 11.8 Å². The number of carbonyl (C=O) groups is 2. The summed E-state index contributed by atoms with van der Waals surface area (Å²) >= 11 is 1.53. The van der Waals surface area contributed by atoms with Crippen molar-refractivity contribution in [1.29, 1.82) is 0 Å². The minimum Gasteiger partial charge on any atom is -0.493 e. The maximum Gasteiger partial charge on any atom is 0.263 e. The molecule has 3 aromatic rings. The average molecular weight is 495 g/mol. The number of fused-ring (bicyclic) bond motifs is 1.